The maximum absolute atomic E-state index is 11.6. The number of aliphatic hydroxyl groups excluding tert-OH is 6. The number of nitrogens with one attached hydrogen (secondary N) is 3. The Morgan fingerprint density at radius 2 is 0.860 bits per heavy atom. The van der Waals surface area contributed by atoms with Crippen LogP contribution < -0.4 is 61.8 Å². The van der Waals surface area contributed by atoms with Crippen LogP contribution in [0.4, 0.5) is 9.59 Å². The first-order chi connectivity index (χ1) is 60.6. The van der Waals surface area contributed by atoms with Gasteiger partial charge in [0.1, 0.15) is 35.4 Å². The maximum Gasteiger partial charge on any atom is 0.408 e. The van der Waals surface area contributed by atoms with Gasteiger partial charge < -0.3 is 133 Å². The van der Waals surface area contributed by atoms with Gasteiger partial charge in [-0.2, -0.15) is 0 Å². The van der Waals surface area contributed by atoms with E-state index in [0.29, 0.717) is 30.4 Å². The van der Waals surface area contributed by atoms with Crippen LogP contribution in [0.3, 0.4) is 0 Å². The van der Waals surface area contributed by atoms with E-state index in [-0.39, 0.29) is 73.8 Å². The summed E-state index contributed by atoms with van der Waals surface area (Å²) in [6.07, 6.45) is -0.714. The van der Waals surface area contributed by atoms with E-state index in [1.807, 2.05) is 177 Å². The molecule has 1 aliphatic heterocycles. The van der Waals surface area contributed by atoms with Crippen LogP contribution >= 0.6 is 0 Å². The Labute approximate surface area is 754 Å². The van der Waals surface area contributed by atoms with Crippen LogP contribution in [-0.4, -0.2) is 188 Å². The third-order valence-corrected chi connectivity index (χ3v) is 18.6. The maximum atomic E-state index is 11.6. The molecule has 1 saturated heterocycles. The molecule has 0 unspecified atom stereocenters. The number of alkyl carbamates (subject to hydrolysis) is 2. The summed E-state index contributed by atoms with van der Waals surface area (Å²) in [4.78, 5) is 96.1. The molecular weight excluding hydrogens is 1660 g/mol. The monoisotopic (exact) mass is 1800 g/mol. The van der Waals surface area contributed by atoms with E-state index in [1.165, 1.54) is 11.1 Å². The second kappa shape index (κ2) is 61.5. The number of aliphatic hydroxyl groups is 6. The van der Waals surface area contributed by atoms with Crippen molar-refractivity contribution >= 4 is 53.9 Å². The van der Waals surface area contributed by atoms with Crippen molar-refractivity contribution in [3.63, 3.8) is 0 Å². The fourth-order valence-corrected chi connectivity index (χ4v) is 11.3. The predicted octanol–water partition coefficient (Wildman–Crippen LogP) is 8.30. The lowest BCUT2D eigenvalue weighted by Gasteiger charge is -2.22. The van der Waals surface area contributed by atoms with Gasteiger partial charge in [0.2, 0.25) is 5.91 Å². The number of carbonyl (C=O) groups is 9. The number of carbonyl (C=O) groups excluding carboxylic acids is 3. The molecule has 8 aromatic carbocycles. The molecule has 1 heterocycles. The zero-order chi connectivity index (χ0) is 97.7. The van der Waals surface area contributed by atoms with Crippen LogP contribution in [0, 0.1) is 5.92 Å². The van der Waals surface area contributed by atoms with Crippen LogP contribution in [0.2, 0.25) is 0 Å². The SMILES string of the molecule is CC(C)(C)OC(=O)N[C@@H](CCC(N)=O)C(=O)O.CC(C)(C)OC(=O)N[C@H](C(=O)O)c1ccccc1.CC(C)[C@@H](N)C(=O)O.CC[C@H](N)CO.C[C@H](N)[C@H](O)c1ccccc1.N[C@@H](Cc1ccccc1)C(=O)O.N[C@@H]1c2ccccc2C[C@@H]1O.N[C@@H]1c2ccccc2C[C@H]1O.N[C@H](c1ccccc1)[C@@H](O)c1ccccc1.O=C(O)[C@@H]1CCCN1.O=C(O)[C@H](O)c1ccccc1. The van der Waals surface area contributed by atoms with Gasteiger partial charge in [0.15, 0.2) is 12.1 Å². The third kappa shape index (κ3) is 48.7. The quantitative estimate of drug-likeness (QED) is 0.0286. The highest BCUT2D eigenvalue weighted by Crippen LogP contribution is 2.31. The summed E-state index contributed by atoms with van der Waals surface area (Å²) in [5.74, 6) is -6.81. The zero-order valence-electron chi connectivity index (χ0n) is 74.7. The summed E-state index contributed by atoms with van der Waals surface area (Å²) in [7, 11) is 0. The summed E-state index contributed by atoms with van der Waals surface area (Å²) in [5.41, 5.74) is 51.4. The molecule has 0 saturated carbocycles. The minimum absolute atomic E-state index is 0.00926. The topological polar surface area (TPSA) is 659 Å². The van der Waals surface area contributed by atoms with Gasteiger partial charge in [-0.1, -0.05) is 251 Å². The molecule has 31 N–H and O–H groups in total. The lowest BCUT2D eigenvalue weighted by molar-refractivity contribution is -0.147. The molecule has 0 spiro atoms. The van der Waals surface area contributed by atoms with Crippen LogP contribution in [0.25, 0.3) is 0 Å². The molecule has 34 heteroatoms. The van der Waals surface area contributed by atoms with Crippen molar-refractivity contribution in [1.29, 1.82) is 0 Å². The molecule has 708 valence electrons. The molecule has 3 amide bonds. The highest BCUT2D eigenvalue weighted by atomic mass is 16.6. The minimum atomic E-state index is -1.41. The number of aliphatic carboxylic acids is 6. The lowest BCUT2D eigenvalue weighted by Crippen LogP contribution is -2.43. The number of amides is 3. The smallest absolute Gasteiger partial charge is 0.408 e. The fourth-order valence-electron chi connectivity index (χ4n) is 11.3. The van der Waals surface area contributed by atoms with Crippen molar-refractivity contribution in [2.75, 3.05) is 13.2 Å². The first-order valence-corrected chi connectivity index (χ1v) is 41.7. The van der Waals surface area contributed by atoms with Crippen LogP contribution in [0.1, 0.15) is 199 Å². The number of nitrogens with two attached hydrogens (primary N) is 8. The highest BCUT2D eigenvalue weighted by Gasteiger charge is 2.30. The van der Waals surface area contributed by atoms with Crippen molar-refractivity contribution in [2.24, 2.45) is 51.8 Å². The average molecular weight is 1800 g/mol. The van der Waals surface area contributed by atoms with Crippen LogP contribution in [0.5, 0.6) is 0 Å². The normalized spacial score (nSPS) is 16.9. The molecule has 0 bridgehead atoms. The number of hydrogen-bond donors (Lipinski definition) is 23. The van der Waals surface area contributed by atoms with E-state index in [0.717, 1.165) is 59.2 Å². The Morgan fingerprint density at radius 3 is 1.16 bits per heavy atom. The average Bonchev–Trinajstić information content (AvgIpc) is 1.47. The summed E-state index contributed by atoms with van der Waals surface area (Å²) in [5, 5.41) is 114. The standard InChI is InChI=1S/C14H15NO.C13H17NO4.C10H18N2O5.C9H11NO2.2C9H11NO.C9H13NO.C8H8O3.C5H9NO2.C5H11NO2.C4H11NO/c15-13(11-7-3-1-4-8-11)14(16)12-9-5-2-6-10-12;1-13(2,3)18-12(17)14-10(11(15)16)9-7-5-4-6-8-9;1-10(2,3)17-9(16)12-6(8(14)15)4-5-7(11)13;10-8(9(11)12)6-7-4-2-1-3-5-7;2*10-9-7-4-2-1-3-6(7)5-8(9)11;1-7(10)9(11)8-5-3-2-4-6-8;9-7(8(10)11)6-4-2-1-3-5-6;7-5(8)4-2-1-3-6-4;1-3(2)4(6)5(7)8;1-2-4(5)3-6/h1-10,13-14,16H,15H2;4-8,10H,1-3H3,(H,14,17)(H,15,16);6H,4-5H2,1-3H3,(H2,11,13)(H,12,16)(H,14,15);1-5,8H,6,10H2,(H,11,12);2*1-4,8-9,11H,5,10H2;2-7,9,11H,10H2,1H3;1-5,7,9H,(H,10,11);4,6H,1-3H2,(H,7,8);3-4H,6H2,1-2H3,(H,7,8);4,6H,2-3,5H2,1H3/t13-,14+;10-;6-;8-;8-,9+;8-,9-;7-,9-;7-;3*4-/m10000101010/s1. The number of carboxylic acid groups (broad SMARTS) is 6. The molecule has 34 nitrogen and oxygen atoms in total. The van der Waals surface area contributed by atoms with Crippen LogP contribution in [0.15, 0.2) is 231 Å². The number of primary amides is 1. The number of rotatable bonds is 23. The predicted molar refractivity (Wildman–Crippen MR) is 491 cm³/mol. The van der Waals surface area contributed by atoms with E-state index in [9.17, 15) is 63.6 Å². The van der Waals surface area contributed by atoms with Gasteiger partial charge in [0, 0.05) is 31.3 Å². The number of ether oxygens (including phenoxy) is 2. The minimum Gasteiger partial charge on any atom is -0.480 e. The molecule has 15 atom stereocenters. The lowest BCUT2D eigenvalue weighted by atomic mass is 9.97. The highest BCUT2D eigenvalue weighted by molar-refractivity contribution is 5.82. The van der Waals surface area contributed by atoms with Gasteiger partial charge in [-0.3, -0.25) is 19.2 Å². The summed E-state index contributed by atoms with van der Waals surface area (Å²) >= 11 is 0. The number of carboxylic acids is 6. The van der Waals surface area contributed by atoms with Crippen molar-refractivity contribution in [1.82, 2.24) is 16.0 Å². The van der Waals surface area contributed by atoms with Gasteiger partial charge >= 0.3 is 48.0 Å². The fraction of sp³-hybridized carbons (Fsp3) is 0.400. The number of benzene rings is 8. The summed E-state index contributed by atoms with van der Waals surface area (Å²) < 4.78 is 9.92. The third-order valence-electron chi connectivity index (χ3n) is 18.6. The van der Waals surface area contributed by atoms with Gasteiger partial charge in [-0.25, -0.2) is 24.0 Å². The molecule has 8 aromatic rings. The van der Waals surface area contributed by atoms with Gasteiger partial charge in [-0.15, -0.1) is 0 Å². The molecule has 1 fully saturated rings. The van der Waals surface area contributed by atoms with Crippen LogP contribution in [-0.2, 0) is 62.3 Å². The van der Waals surface area contributed by atoms with E-state index >= 15 is 0 Å². The summed E-state index contributed by atoms with van der Waals surface area (Å²) in [6.45, 7) is 18.4. The second-order valence-corrected chi connectivity index (χ2v) is 32.1. The van der Waals surface area contributed by atoms with Crippen molar-refractivity contribution in [3.8, 4) is 0 Å². The van der Waals surface area contributed by atoms with E-state index in [1.54, 1.807) is 123 Å². The summed E-state index contributed by atoms with van der Waals surface area (Å²) in [6, 6.07) is 65.5. The Bertz CT molecular complexity index is 4400. The molecular formula is C95H135N11O23. The van der Waals surface area contributed by atoms with Crippen molar-refractivity contribution in [3.05, 3.63) is 286 Å². The molecule has 3 aliphatic rings. The van der Waals surface area contributed by atoms with Gasteiger partial charge in [-0.05, 0) is 149 Å². The first kappa shape index (κ1) is 115. The number of hydrogen-bond acceptors (Lipinski definition) is 25. The zero-order valence-corrected chi connectivity index (χ0v) is 74.7. The van der Waals surface area contributed by atoms with Crippen molar-refractivity contribution in [2.45, 2.75) is 223 Å². The van der Waals surface area contributed by atoms with Gasteiger partial charge in [0.25, 0.3) is 0 Å². The molecule has 129 heavy (non-hydrogen) atoms. The molecule has 0 aromatic heterocycles. The Morgan fingerprint density at radius 1 is 0.481 bits per heavy atom. The molecule has 11 rings (SSSR count). The van der Waals surface area contributed by atoms with Crippen molar-refractivity contribution < 1.29 is 114 Å². The van der Waals surface area contributed by atoms with E-state index < -0.39 is 108 Å². The molecule has 2 aliphatic carbocycles. The van der Waals surface area contributed by atoms with E-state index in [2.05, 4.69) is 16.0 Å². The molecule has 0 radical (unpaired) electrons. The van der Waals surface area contributed by atoms with E-state index in [4.69, 9.17) is 96.2 Å². The number of fused-ring (bicyclic) bond motifs is 2. The van der Waals surface area contributed by atoms with Gasteiger partial charge in [0.05, 0.1) is 49.1 Å². The second-order valence-electron chi connectivity index (χ2n) is 32.1. The Hall–Kier alpha value is -12.0. The Kier molecular flexibility index (Phi) is 54.8. The first-order valence-electron chi connectivity index (χ1n) is 41.7. The Balaban J connectivity index is 0.000000718. The largest absolute Gasteiger partial charge is 0.480 e.